The molecule has 0 aliphatic rings. The smallest absolute Gasteiger partial charge is 0.0870 e. The third kappa shape index (κ3) is 5.87. The number of nitrogens with zero attached hydrogens (tertiary/aromatic N) is 1. The van der Waals surface area contributed by atoms with E-state index in [1.807, 2.05) is 54.6 Å². The van der Waals surface area contributed by atoms with Crippen LogP contribution in [0.25, 0.3) is 0 Å². The first kappa shape index (κ1) is 22.7. The van der Waals surface area contributed by atoms with E-state index in [1.54, 1.807) is 0 Å². The average molecular weight is 434 g/mol. The molecule has 0 aliphatic heterocycles. The van der Waals surface area contributed by atoms with Crippen LogP contribution in [-0.4, -0.2) is 10.0 Å². The van der Waals surface area contributed by atoms with Gasteiger partial charge in [-0.1, -0.05) is 127 Å². The molecule has 0 bridgehead atoms. The van der Waals surface area contributed by atoms with E-state index in [9.17, 15) is 5.11 Å². The first-order valence-corrected chi connectivity index (χ1v) is 11.5. The molecular formula is C31H31NO. The number of rotatable bonds is 10. The monoisotopic (exact) mass is 433 g/mol. The summed E-state index contributed by atoms with van der Waals surface area (Å²) in [5.41, 5.74) is 4.56. The Kier molecular flexibility index (Phi) is 7.86. The fraction of sp³-hybridized carbons (Fsp3) is 0.161. The van der Waals surface area contributed by atoms with E-state index in [2.05, 4.69) is 84.3 Å². The number of aliphatic hydroxyl groups is 1. The third-order valence-corrected chi connectivity index (χ3v) is 6.13. The van der Waals surface area contributed by atoms with Gasteiger partial charge in [0.1, 0.15) is 0 Å². The van der Waals surface area contributed by atoms with E-state index in [0.717, 1.165) is 18.7 Å². The first-order valence-electron chi connectivity index (χ1n) is 11.5. The van der Waals surface area contributed by atoms with Crippen molar-refractivity contribution >= 4 is 0 Å². The Morgan fingerprint density at radius 1 is 0.606 bits per heavy atom. The summed E-state index contributed by atoms with van der Waals surface area (Å²) in [5, 5.41) is 11.5. The van der Waals surface area contributed by atoms with Crippen LogP contribution in [0.1, 0.15) is 34.4 Å². The van der Waals surface area contributed by atoms with Gasteiger partial charge >= 0.3 is 0 Å². The summed E-state index contributed by atoms with van der Waals surface area (Å²) in [7, 11) is 0. The van der Waals surface area contributed by atoms with E-state index in [1.165, 1.54) is 16.7 Å². The molecule has 0 aliphatic carbocycles. The van der Waals surface area contributed by atoms with Crippen LogP contribution in [-0.2, 0) is 13.1 Å². The Hall–Kier alpha value is -3.46. The summed E-state index contributed by atoms with van der Waals surface area (Å²) in [6, 6.07) is 41.4. The fourth-order valence-corrected chi connectivity index (χ4v) is 4.52. The summed E-state index contributed by atoms with van der Waals surface area (Å²) in [4.78, 5) is 2.46. The summed E-state index contributed by atoms with van der Waals surface area (Å²) >= 11 is 0. The highest BCUT2D eigenvalue weighted by Gasteiger charge is 2.33. The second-order valence-electron chi connectivity index (χ2n) is 8.40. The van der Waals surface area contributed by atoms with Gasteiger partial charge in [0.2, 0.25) is 0 Å². The lowest BCUT2D eigenvalue weighted by atomic mass is 9.84. The van der Waals surface area contributed by atoms with Gasteiger partial charge in [0, 0.05) is 25.0 Å². The van der Waals surface area contributed by atoms with Crippen molar-refractivity contribution in [2.24, 2.45) is 5.92 Å². The second kappa shape index (κ2) is 11.4. The minimum Gasteiger partial charge on any atom is -0.388 e. The Balaban J connectivity index is 1.77. The van der Waals surface area contributed by atoms with Crippen molar-refractivity contribution < 1.29 is 5.11 Å². The molecule has 0 amide bonds. The lowest BCUT2D eigenvalue weighted by molar-refractivity contribution is 0.0500. The molecule has 4 aromatic rings. The van der Waals surface area contributed by atoms with Crippen molar-refractivity contribution in [1.29, 1.82) is 0 Å². The molecule has 0 fully saturated rings. The number of hydrogen-bond donors (Lipinski definition) is 1. The molecule has 0 radical (unpaired) electrons. The highest BCUT2D eigenvalue weighted by molar-refractivity contribution is 5.27. The van der Waals surface area contributed by atoms with Crippen molar-refractivity contribution in [1.82, 2.24) is 4.90 Å². The lowest BCUT2D eigenvalue weighted by Gasteiger charge is -2.39. The second-order valence-corrected chi connectivity index (χ2v) is 8.40. The largest absolute Gasteiger partial charge is 0.388 e. The van der Waals surface area contributed by atoms with Gasteiger partial charge in [-0.05, 0) is 22.3 Å². The summed E-state index contributed by atoms with van der Waals surface area (Å²) < 4.78 is 0. The SMILES string of the molecule is C=CC(C(O)c1ccccc1)C(c1ccccc1)N(Cc1ccccc1)Cc1ccccc1. The van der Waals surface area contributed by atoms with Crippen molar-refractivity contribution in [2.45, 2.75) is 25.2 Å². The van der Waals surface area contributed by atoms with E-state index in [4.69, 9.17) is 0 Å². The molecule has 0 spiro atoms. The van der Waals surface area contributed by atoms with Gasteiger partial charge in [0.15, 0.2) is 0 Å². The predicted octanol–water partition coefficient (Wildman–Crippen LogP) is 6.97. The maximum atomic E-state index is 11.5. The highest BCUT2D eigenvalue weighted by atomic mass is 16.3. The third-order valence-electron chi connectivity index (χ3n) is 6.13. The summed E-state index contributed by atoms with van der Waals surface area (Å²) in [6.07, 6.45) is 1.25. The zero-order valence-electron chi connectivity index (χ0n) is 18.9. The van der Waals surface area contributed by atoms with Crippen LogP contribution in [0.4, 0.5) is 0 Å². The molecule has 0 saturated heterocycles. The van der Waals surface area contributed by atoms with E-state index in [0.29, 0.717) is 0 Å². The number of benzene rings is 4. The van der Waals surface area contributed by atoms with E-state index >= 15 is 0 Å². The Labute approximate surface area is 197 Å². The van der Waals surface area contributed by atoms with Gasteiger partial charge in [-0.3, -0.25) is 4.90 Å². The molecule has 3 atom stereocenters. The average Bonchev–Trinajstić information content (AvgIpc) is 2.89. The van der Waals surface area contributed by atoms with Gasteiger partial charge in [-0.25, -0.2) is 0 Å². The van der Waals surface area contributed by atoms with Gasteiger partial charge in [0.25, 0.3) is 0 Å². The van der Waals surface area contributed by atoms with Crippen LogP contribution in [0.2, 0.25) is 0 Å². The van der Waals surface area contributed by atoms with Crippen LogP contribution >= 0.6 is 0 Å². The van der Waals surface area contributed by atoms with Gasteiger partial charge in [-0.15, -0.1) is 6.58 Å². The number of aliphatic hydroxyl groups excluding tert-OH is 1. The summed E-state index contributed by atoms with van der Waals surface area (Å²) in [6.45, 7) is 5.69. The van der Waals surface area contributed by atoms with Crippen LogP contribution < -0.4 is 0 Å². The van der Waals surface area contributed by atoms with Crippen molar-refractivity contribution in [2.75, 3.05) is 0 Å². The molecule has 0 heterocycles. The molecular weight excluding hydrogens is 402 g/mol. The molecule has 0 aromatic heterocycles. The maximum Gasteiger partial charge on any atom is 0.0870 e. The Morgan fingerprint density at radius 3 is 1.42 bits per heavy atom. The van der Waals surface area contributed by atoms with Gasteiger partial charge in [-0.2, -0.15) is 0 Å². The molecule has 4 aromatic carbocycles. The van der Waals surface area contributed by atoms with E-state index in [-0.39, 0.29) is 12.0 Å². The predicted molar refractivity (Wildman–Crippen MR) is 136 cm³/mol. The first-order chi connectivity index (χ1) is 16.3. The minimum absolute atomic E-state index is 0.0562. The van der Waals surface area contributed by atoms with Crippen LogP contribution in [0.5, 0.6) is 0 Å². The summed E-state index contributed by atoms with van der Waals surface area (Å²) in [5.74, 6) is -0.192. The van der Waals surface area contributed by atoms with Gasteiger partial charge in [0.05, 0.1) is 6.10 Å². The quantitative estimate of drug-likeness (QED) is 0.273. The van der Waals surface area contributed by atoms with Crippen molar-refractivity contribution in [3.05, 3.63) is 156 Å². The van der Waals surface area contributed by atoms with Crippen LogP contribution in [0.15, 0.2) is 134 Å². The van der Waals surface area contributed by atoms with Gasteiger partial charge < -0.3 is 5.11 Å². The highest BCUT2D eigenvalue weighted by Crippen LogP contribution is 2.39. The zero-order valence-corrected chi connectivity index (χ0v) is 18.9. The lowest BCUT2D eigenvalue weighted by Crippen LogP contribution is -2.35. The minimum atomic E-state index is -0.664. The molecule has 4 rings (SSSR count). The number of hydrogen-bond acceptors (Lipinski definition) is 2. The van der Waals surface area contributed by atoms with Crippen LogP contribution in [0, 0.1) is 5.92 Å². The molecule has 3 unspecified atom stereocenters. The topological polar surface area (TPSA) is 23.5 Å². The normalized spacial score (nSPS) is 13.9. The fourth-order valence-electron chi connectivity index (χ4n) is 4.52. The zero-order chi connectivity index (χ0) is 22.9. The molecule has 2 heteroatoms. The molecule has 0 saturated carbocycles. The molecule has 33 heavy (non-hydrogen) atoms. The van der Waals surface area contributed by atoms with Crippen molar-refractivity contribution in [3.63, 3.8) is 0 Å². The van der Waals surface area contributed by atoms with E-state index < -0.39 is 6.10 Å². The molecule has 2 nitrogen and oxygen atoms in total. The Bertz CT molecular complexity index is 1060. The maximum absolute atomic E-state index is 11.5. The standard InChI is InChI=1S/C31H31NO/c1-2-29(31(33)28-21-13-6-14-22-28)30(27-19-11-5-12-20-27)32(23-25-15-7-3-8-16-25)24-26-17-9-4-10-18-26/h2-22,29-31,33H,1,23-24H2. The van der Waals surface area contributed by atoms with Crippen LogP contribution in [0.3, 0.4) is 0 Å². The van der Waals surface area contributed by atoms with Crippen molar-refractivity contribution in [3.8, 4) is 0 Å². The Morgan fingerprint density at radius 2 is 1.00 bits per heavy atom. The molecule has 166 valence electrons. The molecule has 1 N–H and O–H groups in total.